The maximum Gasteiger partial charge on any atom is 0.119 e. The van der Waals surface area contributed by atoms with E-state index in [1.165, 1.54) is 11.1 Å². The van der Waals surface area contributed by atoms with Crippen molar-refractivity contribution in [2.75, 3.05) is 20.8 Å². The summed E-state index contributed by atoms with van der Waals surface area (Å²) in [6.45, 7) is 9.63. The summed E-state index contributed by atoms with van der Waals surface area (Å²) in [5, 5.41) is 3.64. The minimum atomic E-state index is -0.214. The molecule has 0 radical (unpaired) electrons. The van der Waals surface area contributed by atoms with E-state index in [2.05, 4.69) is 45.1 Å². The van der Waals surface area contributed by atoms with Gasteiger partial charge in [-0.25, -0.2) is 0 Å². The lowest BCUT2D eigenvalue weighted by Gasteiger charge is -2.37. The van der Waals surface area contributed by atoms with Crippen LogP contribution < -0.4 is 10.1 Å². The number of benzene rings is 1. The van der Waals surface area contributed by atoms with Gasteiger partial charge in [0.1, 0.15) is 5.75 Å². The van der Waals surface area contributed by atoms with Crippen LogP contribution in [0.2, 0.25) is 0 Å². The van der Waals surface area contributed by atoms with Gasteiger partial charge in [0.05, 0.1) is 18.8 Å². The fourth-order valence-electron chi connectivity index (χ4n) is 2.51. The van der Waals surface area contributed by atoms with Gasteiger partial charge in [0.15, 0.2) is 0 Å². The highest BCUT2D eigenvalue weighted by molar-refractivity contribution is 5.38. The maximum atomic E-state index is 5.82. The Morgan fingerprint density at radius 2 is 1.95 bits per heavy atom. The van der Waals surface area contributed by atoms with E-state index in [4.69, 9.17) is 9.47 Å². The second-order valence-corrected chi connectivity index (χ2v) is 5.48. The van der Waals surface area contributed by atoms with Gasteiger partial charge in [-0.15, -0.1) is 0 Å². The molecule has 1 aromatic carbocycles. The quantitative estimate of drug-likeness (QED) is 0.784. The highest BCUT2D eigenvalue weighted by atomic mass is 16.5. The Balaban J connectivity index is 3.16. The second-order valence-electron chi connectivity index (χ2n) is 5.48. The lowest BCUT2D eigenvalue weighted by atomic mass is 9.85. The first-order valence-corrected chi connectivity index (χ1v) is 7.45. The molecule has 3 heteroatoms. The van der Waals surface area contributed by atoms with Gasteiger partial charge in [-0.2, -0.15) is 0 Å². The molecule has 0 spiro atoms. The molecule has 0 aliphatic heterocycles. The summed E-state index contributed by atoms with van der Waals surface area (Å²) in [6.07, 6.45) is 2.06. The van der Waals surface area contributed by atoms with Gasteiger partial charge in [-0.3, -0.25) is 0 Å². The van der Waals surface area contributed by atoms with E-state index in [9.17, 15) is 0 Å². The van der Waals surface area contributed by atoms with E-state index in [0.717, 1.165) is 25.1 Å². The first kappa shape index (κ1) is 17.0. The summed E-state index contributed by atoms with van der Waals surface area (Å²) in [5.41, 5.74) is 2.30. The molecule has 1 N–H and O–H groups in total. The molecule has 0 amide bonds. The monoisotopic (exact) mass is 279 g/mol. The number of hydrogen-bond donors (Lipinski definition) is 1. The third-order valence-electron chi connectivity index (χ3n) is 4.17. The van der Waals surface area contributed by atoms with Gasteiger partial charge in [0.25, 0.3) is 0 Å². The molecule has 0 bridgehead atoms. The standard InChI is InChI=1S/C17H29NO2/c1-7-11-18-16(17(4,8-2)20-6)15-10-9-14(19-5)12-13(15)3/h9-10,12,16,18H,7-8,11H2,1-6H3. The molecule has 0 aliphatic carbocycles. The number of rotatable bonds is 8. The molecule has 2 atom stereocenters. The lowest BCUT2D eigenvalue weighted by molar-refractivity contribution is -0.0301. The summed E-state index contributed by atoms with van der Waals surface area (Å²) in [6, 6.07) is 6.44. The number of aryl methyl sites for hydroxylation is 1. The van der Waals surface area contributed by atoms with Crippen LogP contribution in [0.3, 0.4) is 0 Å². The third kappa shape index (κ3) is 3.74. The fourth-order valence-corrected chi connectivity index (χ4v) is 2.51. The molecule has 20 heavy (non-hydrogen) atoms. The Bertz CT molecular complexity index is 413. The Morgan fingerprint density at radius 1 is 1.25 bits per heavy atom. The number of hydrogen-bond acceptors (Lipinski definition) is 3. The summed E-state index contributed by atoms with van der Waals surface area (Å²) in [5.74, 6) is 0.899. The molecule has 1 rings (SSSR count). The average Bonchev–Trinajstić information content (AvgIpc) is 2.48. The molecule has 114 valence electrons. The Hall–Kier alpha value is -1.06. The van der Waals surface area contributed by atoms with E-state index in [1.807, 2.05) is 6.07 Å². The third-order valence-corrected chi connectivity index (χ3v) is 4.17. The van der Waals surface area contributed by atoms with E-state index >= 15 is 0 Å². The lowest BCUT2D eigenvalue weighted by Crippen LogP contribution is -2.43. The van der Waals surface area contributed by atoms with Crippen LogP contribution in [0.25, 0.3) is 0 Å². The smallest absolute Gasteiger partial charge is 0.119 e. The van der Waals surface area contributed by atoms with Crippen molar-refractivity contribution in [3.63, 3.8) is 0 Å². The fraction of sp³-hybridized carbons (Fsp3) is 0.647. The Kier molecular flexibility index (Phi) is 6.50. The van der Waals surface area contributed by atoms with Crippen molar-refractivity contribution in [1.82, 2.24) is 5.32 Å². The minimum Gasteiger partial charge on any atom is -0.497 e. The average molecular weight is 279 g/mol. The molecular formula is C17H29NO2. The zero-order valence-electron chi connectivity index (χ0n) is 13.7. The molecule has 0 aliphatic rings. The molecule has 0 heterocycles. The highest BCUT2D eigenvalue weighted by Crippen LogP contribution is 2.34. The van der Waals surface area contributed by atoms with Crippen molar-refractivity contribution in [2.45, 2.75) is 52.2 Å². The van der Waals surface area contributed by atoms with Crippen molar-refractivity contribution in [1.29, 1.82) is 0 Å². The van der Waals surface area contributed by atoms with Crippen LogP contribution in [0.4, 0.5) is 0 Å². The van der Waals surface area contributed by atoms with Gasteiger partial charge < -0.3 is 14.8 Å². The summed E-state index contributed by atoms with van der Waals surface area (Å²) < 4.78 is 11.1. The predicted octanol–water partition coefficient (Wildman–Crippen LogP) is 3.86. The van der Waals surface area contributed by atoms with Gasteiger partial charge in [-0.05, 0) is 56.5 Å². The van der Waals surface area contributed by atoms with Crippen LogP contribution in [-0.4, -0.2) is 26.4 Å². The minimum absolute atomic E-state index is 0.184. The molecule has 0 fully saturated rings. The van der Waals surface area contributed by atoms with Crippen LogP contribution in [0, 0.1) is 6.92 Å². The van der Waals surface area contributed by atoms with Crippen LogP contribution >= 0.6 is 0 Å². The van der Waals surface area contributed by atoms with Gasteiger partial charge >= 0.3 is 0 Å². The highest BCUT2D eigenvalue weighted by Gasteiger charge is 2.34. The second kappa shape index (κ2) is 7.65. The van der Waals surface area contributed by atoms with Crippen molar-refractivity contribution >= 4 is 0 Å². The molecule has 1 aromatic rings. The largest absolute Gasteiger partial charge is 0.497 e. The zero-order chi connectivity index (χ0) is 15.2. The van der Waals surface area contributed by atoms with Crippen molar-refractivity contribution in [3.05, 3.63) is 29.3 Å². The normalized spacial score (nSPS) is 15.7. The number of methoxy groups -OCH3 is 2. The SMILES string of the molecule is CCCNC(c1ccc(OC)cc1C)C(C)(CC)OC. The van der Waals surface area contributed by atoms with Crippen LogP contribution in [-0.2, 0) is 4.74 Å². The predicted molar refractivity (Wildman–Crippen MR) is 84.5 cm³/mol. The maximum absolute atomic E-state index is 5.82. The van der Waals surface area contributed by atoms with Crippen molar-refractivity contribution in [2.24, 2.45) is 0 Å². The molecule has 0 aromatic heterocycles. The van der Waals surface area contributed by atoms with E-state index in [0.29, 0.717) is 0 Å². The van der Waals surface area contributed by atoms with E-state index in [-0.39, 0.29) is 11.6 Å². The number of nitrogens with one attached hydrogen (secondary N) is 1. The number of ether oxygens (including phenoxy) is 2. The zero-order valence-corrected chi connectivity index (χ0v) is 13.7. The van der Waals surface area contributed by atoms with Crippen LogP contribution in [0.15, 0.2) is 18.2 Å². The summed E-state index contributed by atoms with van der Waals surface area (Å²) in [7, 11) is 3.50. The molecule has 0 saturated carbocycles. The molecule has 0 saturated heterocycles. The van der Waals surface area contributed by atoms with Crippen LogP contribution in [0.1, 0.15) is 50.8 Å². The summed E-state index contributed by atoms with van der Waals surface area (Å²) >= 11 is 0. The van der Waals surface area contributed by atoms with Crippen molar-refractivity contribution < 1.29 is 9.47 Å². The molecular weight excluding hydrogens is 250 g/mol. The van der Waals surface area contributed by atoms with E-state index < -0.39 is 0 Å². The van der Waals surface area contributed by atoms with Gasteiger partial charge in [0.2, 0.25) is 0 Å². The summed E-state index contributed by atoms with van der Waals surface area (Å²) in [4.78, 5) is 0. The van der Waals surface area contributed by atoms with Crippen molar-refractivity contribution in [3.8, 4) is 5.75 Å². The Morgan fingerprint density at radius 3 is 2.40 bits per heavy atom. The van der Waals surface area contributed by atoms with Crippen LogP contribution in [0.5, 0.6) is 5.75 Å². The first-order valence-electron chi connectivity index (χ1n) is 7.45. The van der Waals surface area contributed by atoms with Gasteiger partial charge in [-0.1, -0.05) is 19.9 Å². The first-order chi connectivity index (χ1) is 9.52. The van der Waals surface area contributed by atoms with Gasteiger partial charge in [0, 0.05) is 7.11 Å². The Labute approximate surface area is 123 Å². The topological polar surface area (TPSA) is 30.5 Å². The molecule has 2 unspecified atom stereocenters. The molecule has 3 nitrogen and oxygen atoms in total. The van der Waals surface area contributed by atoms with E-state index in [1.54, 1.807) is 14.2 Å².